The number of rotatable bonds is 5. The van der Waals surface area contributed by atoms with Crippen molar-refractivity contribution < 1.29 is 19.2 Å². The second-order valence-electron chi connectivity index (χ2n) is 6.52. The molecule has 8 heteroatoms. The van der Waals surface area contributed by atoms with Crippen LogP contribution in [0.1, 0.15) is 26.7 Å². The maximum atomic E-state index is 12.1. The van der Waals surface area contributed by atoms with Crippen LogP contribution in [0, 0.1) is 22.0 Å². The van der Waals surface area contributed by atoms with Gasteiger partial charge in [0.2, 0.25) is 5.91 Å². The van der Waals surface area contributed by atoms with E-state index >= 15 is 0 Å². The number of nitrogens with zero attached hydrogens (tertiary/aromatic N) is 2. The van der Waals surface area contributed by atoms with E-state index in [1.807, 2.05) is 13.8 Å². The van der Waals surface area contributed by atoms with Gasteiger partial charge in [0.1, 0.15) is 5.75 Å². The highest BCUT2D eigenvalue weighted by Gasteiger charge is 2.28. The zero-order chi connectivity index (χ0) is 18.4. The van der Waals surface area contributed by atoms with Gasteiger partial charge >= 0.3 is 6.09 Å². The van der Waals surface area contributed by atoms with Gasteiger partial charge in [-0.05, 0) is 30.9 Å². The van der Waals surface area contributed by atoms with Crippen LogP contribution in [-0.2, 0) is 4.79 Å². The van der Waals surface area contributed by atoms with Gasteiger partial charge in [0.15, 0.2) is 0 Å². The van der Waals surface area contributed by atoms with E-state index in [0.717, 1.165) is 0 Å². The molecular formula is C17H23N3O5. The van der Waals surface area contributed by atoms with Crippen LogP contribution < -0.4 is 10.1 Å². The van der Waals surface area contributed by atoms with Crippen molar-refractivity contribution in [1.29, 1.82) is 0 Å². The fraction of sp³-hybridized carbons (Fsp3) is 0.529. The summed E-state index contributed by atoms with van der Waals surface area (Å²) in [6.45, 7) is 5.63. The Kier molecular flexibility index (Phi) is 6.32. The van der Waals surface area contributed by atoms with Crippen molar-refractivity contribution in [3.63, 3.8) is 0 Å². The summed E-state index contributed by atoms with van der Waals surface area (Å²) >= 11 is 0. The van der Waals surface area contributed by atoms with Crippen LogP contribution in [-0.4, -0.2) is 41.5 Å². The molecule has 1 saturated heterocycles. The van der Waals surface area contributed by atoms with Gasteiger partial charge in [0.25, 0.3) is 5.69 Å². The lowest BCUT2D eigenvalue weighted by atomic mass is 9.96. The maximum absolute atomic E-state index is 12.1. The Morgan fingerprint density at radius 1 is 1.28 bits per heavy atom. The molecule has 0 unspecified atom stereocenters. The maximum Gasteiger partial charge on any atom is 0.415 e. The summed E-state index contributed by atoms with van der Waals surface area (Å²) in [6.07, 6.45) is 0.688. The molecule has 0 bridgehead atoms. The van der Waals surface area contributed by atoms with E-state index in [-0.39, 0.29) is 23.3 Å². The molecule has 0 aromatic heterocycles. The molecule has 8 nitrogen and oxygen atoms in total. The molecule has 136 valence electrons. The van der Waals surface area contributed by atoms with Crippen molar-refractivity contribution in [2.75, 3.05) is 19.6 Å². The van der Waals surface area contributed by atoms with E-state index in [2.05, 4.69) is 5.32 Å². The number of nitro benzene ring substituents is 1. The van der Waals surface area contributed by atoms with Gasteiger partial charge in [-0.2, -0.15) is 0 Å². The van der Waals surface area contributed by atoms with E-state index in [0.29, 0.717) is 38.4 Å². The third kappa shape index (κ3) is 5.44. The van der Waals surface area contributed by atoms with E-state index in [9.17, 15) is 19.7 Å². The minimum Gasteiger partial charge on any atom is -0.410 e. The molecular weight excluding hydrogens is 326 g/mol. The summed E-state index contributed by atoms with van der Waals surface area (Å²) in [5.74, 6) is 0.618. The second-order valence-corrected chi connectivity index (χ2v) is 6.52. The minimum atomic E-state index is -0.513. The van der Waals surface area contributed by atoms with Gasteiger partial charge in [0.05, 0.1) is 4.92 Å². The first-order chi connectivity index (χ1) is 11.9. The number of amides is 2. The van der Waals surface area contributed by atoms with Crippen LogP contribution in [0.4, 0.5) is 10.5 Å². The summed E-state index contributed by atoms with van der Waals surface area (Å²) in [5, 5.41) is 13.5. The van der Waals surface area contributed by atoms with E-state index in [1.54, 1.807) is 4.90 Å². The van der Waals surface area contributed by atoms with Crippen LogP contribution in [0.5, 0.6) is 5.75 Å². The summed E-state index contributed by atoms with van der Waals surface area (Å²) in [5.41, 5.74) is -0.0620. The molecule has 0 aliphatic carbocycles. The molecule has 1 aromatic rings. The Hall–Kier alpha value is -2.64. The molecule has 0 atom stereocenters. The molecule has 1 heterocycles. The Labute approximate surface area is 146 Å². The standard InChI is InChI=1S/C17H23N3O5/c1-12(2)11-18-16(21)13-7-9-19(10-8-13)17(22)25-15-5-3-14(4-6-15)20(23)24/h3-6,12-13H,7-11H2,1-2H3,(H,18,21). The lowest BCUT2D eigenvalue weighted by molar-refractivity contribution is -0.384. The van der Waals surface area contributed by atoms with Crippen LogP contribution in [0.2, 0.25) is 0 Å². The van der Waals surface area contributed by atoms with E-state index < -0.39 is 11.0 Å². The topological polar surface area (TPSA) is 102 Å². The molecule has 25 heavy (non-hydrogen) atoms. The smallest absolute Gasteiger partial charge is 0.410 e. The van der Waals surface area contributed by atoms with Gasteiger partial charge in [0, 0.05) is 37.7 Å². The minimum absolute atomic E-state index is 0.0390. The zero-order valence-corrected chi connectivity index (χ0v) is 14.4. The molecule has 0 spiro atoms. The average Bonchev–Trinajstić information content (AvgIpc) is 2.60. The molecule has 1 N–H and O–H groups in total. The Bertz CT molecular complexity index is 622. The van der Waals surface area contributed by atoms with Crippen LogP contribution in [0.3, 0.4) is 0 Å². The van der Waals surface area contributed by atoms with Crippen LogP contribution in [0.25, 0.3) is 0 Å². The van der Waals surface area contributed by atoms with Crippen LogP contribution >= 0.6 is 0 Å². The number of piperidine rings is 1. The van der Waals surface area contributed by atoms with E-state index in [1.165, 1.54) is 24.3 Å². The third-order valence-electron chi connectivity index (χ3n) is 4.06. The van der Waals surface area contributed by atoms with Gasteiger partial charge in [-0.15, -0.1) is 0 Å². The van der Waals surface area contributed by atoms with Crippen molar-refractivity contribution in [2.45, 2.75) is 26.7 Å². The predicted octanol–water partition coefficient (Wildman–Crippen LogP) is 2.58. The quantitative estimate of drug-likeness (QED) is 0.650. The summed E-state index contributed by atoms with van der Waals surface area (Å²) in [7, 11) is 0. The Morgan fingerprint density at radius 3 is 2.40 bits per heavy atom. The number of likely N-dealkylation sites (tertiary alicyclic amines) is 1. The van der Waals surface area contributed by atoms with Gasteiger partial charge < -0.3 is 15.0 Å². The first kappa shape index (κ1) is 18.7. The van der Waals surface area contributed by atoms with Crippen molar-refractivity contribution in [1.82, 2.24) is 10.2 Å². The van der Waals surface area contributed by atoms with Crippen molar-refractivity contribution in [3.05, 3.63) is 34.4 Å². The molecule has 2 amide bonds. The van der Waals surface area contributed by atoms with Crippen LogP contribution in [0.15, 0.2) is 24.3 Å². The molecule has 0 radical (unpaired) electrons. The average molecular weight is 349 g/mol. The molecule has 1 fully saturated rings. The molecule has 0 saturated carbocycles. The summed E-state index contributed by atoms with van der Waals surface area (Å²) in [6, 6.07) is 5.35. The first-order valence-electron chi connectivity index (χ1n) is 8.35. The SMILES string of the molecule is CC(C)CNC(=O)C1CCN(C(=O)Oc2ccc([N+](=O)[O-])cc2)CC1. The first-order valence-corrected chi connectivity index (χ1v) is 8.35. The van der Waals surface area contributed by atoms with Gasteiger partial charge in [-0.1, -0.05) is 13.8 Å². The number of hydrogen-bond donors (Lipinski definition) is 1. The Balaban J connectivity index is 1.80. The Morgan fingerprint density at radius 2 is 1.88 bits per heavy atom. The number of carbonyl (C=O) groups is 2. The fourth-order valence-corrected chi connectivity index (χ4v) is 2.57. The van der Waals surface area contributed by atoms with Crippen molar-refractivity contribution in [3.8, 4) is 5.75 Å². The largest absolute Gasteiger partial charge is 0.415 e. The summed E-state index contributed by atoms with van der Waals surface area (Å²) < 4.78 is 5.23. The number of carbonyl (C=O) groups excluding carboxylic acids is 2. The highest BCUT2D eigenvalue weighted by Crippen LogP contribution is 2.21. The number of hydrogen-bond acceptors (Lipinski definition) is 5. The van der Waals surface area contributed by atoms with Crippen molar-refractivity contribution in [2.24, 2.45) is 11.8 Å². The van der Waals surface area contributed by atoms with Crippen molar-refractivity contribution >= 4 is 17.7 Å². The highest BCUT2D eigenvalue weighted by atomic mass is 16.6. The molecule has 2 rings (SSSR count). The van der Waals surface area contributed by atoms with Gasteiger partial charge in [-0.25, -0.2) is 4.79 Å². The number of nitro groups is 1. The molecule has 1 aliphatic heterocycles. The number of nitrogens with one attached hydrogen (secondary N) is 1. The lowest BCUT2D eigenvalue weighted by Gasteiger charge is -2.30. The lowest BCUT2D eigenvalue weighted by Crippen LogP contribution is -2.44. The predicted molar refractivity (Wildman–Crippen MR) is 91.3 cm³/mol. The monoisotopic (exact) mass is 349 g/mol. The molecule has 1 aromatic carbocycles. The zero-order valence-electron chi connectivity index (χ0n) is 14.4. The number of ether oxygens (including phenoxy) is 1. The highest BCUT2D eigenvalue weighted by molar-refractivity contribution is 5.79. The van der Waals surface area contributed by atoms with Gasteiger partial charge in [-0.3, -0.25) is 14.9 Å². The third-order valence-corrected chi connectivity index (χ3v) is 4.06. The fourth-order valence-electron chi connectivity index (χ4n) is 2.57. The normalized spacial score (nSPS) is 15.1. The second kappa shape index (κ2) is 8.46. The van der Waals surface area contributed by atoms with E-state index in [4.69, 9.17) is 4.74 Å². The number of non-ortho nitro benzene ring substituents is 1. The molecule has 1 aliphatic rings. The number of benzene rings is 1. The summed E-state index contributed by atoms with van der Waals surface area (Å²) in [4.78, 5) is 35.8.